The lowest BCUT2D eigenvalue weighted by molar-refractivity contribution is 0.413. The van der Waals surface area contributed by atoms with Crippen molar-refractivity contribution in [3.05, 3.63) is 39.5 Å². The zero-order chi connectivity index (χ0) is 16.7. The summed E-state index contributed by atoms with van der Waals surface area (Å²) in [5, 5.41) is 4.73. The molecular weight excluding hydrogens is 296 g/mol. The molecule has 0 atom stereocenters. The monoisotopic (exact) mass is 314 g/mol. The Labute approximate surface area is 133 Å². The molecule has 3 aromatic rings. The average Bonchev–Trinajstić information content (AvgIpc) is 3.01. The Bertz CT molecular complexity index is 938. The van der Waals surface area contributed by atoms with Crippen LogP contribution in [0.25, 0.3) is 22.4 Å². The van der Waals surface area contributed by atoms with E-state index in [-0.39, 0.29) is 11.5 Å². The Balaban J connectivity index is 2.27. The Morgan fingerprint density at radius 3 is 2.52 bits per heavy atom. The van der Waals surface area contributed by atoms with Crippen molar-refractivity contribution in [1.29, 1.82) is 0 Å². The van der Waals surface area contributed by atoms with Gasteiger partial charge in [0, 0.05) is 17.0 Å². The van der Waals surface area contributed by atoms with Crippen LogP contribution >= 0.6 is 0 Å². The first-order valence-corrected chi connectivity index (χ1v) is 7.38. The minimum absolute atomic E-state index is 0.165. The van der Waals surface area contributed by atoms with Crippen LogP contribution in [0.3, 0.4) is 0 Å². The van der Waals surface area contributed by atoms with E-state index in [1.165, 1.54) is 0 Å². The number of hydrogen-bond acceptors (Lipinski definition) is 6. The third kappa shape index (κ3) is 2.50. The van der Waals surface area contributed by atoms with Gasteiger partial charge in [0.2, 0.25) is 0 Å². The summed E-state index contributed by atoms with van der Waals surface area (Å²) < 4.78 is 16.2. The highest BCUT2D eigenvalue weighted by Crippen LogP contribution is 2.34. The quantitative estimate of drug-likeness (QED) is 0.687. The molecule has 1 aromatic carbocycles. The minimum atomic E-state index is -0.359. The molecule has 0 saturated heterocycles. The summed E-state index contributed by atoms with van der Waals surface area (Å²) in [6.07, 6.45) is 0. The molecule has 120 valence electrons. The first kappa shape index (κ1) is 15.3. The third-order valence-corrected chi connectivity index (χ3v) is 3.94. The number of aromatic nitrogens is 2. The summed E-state index contributed by atoms with van der Waals surface area (Å²) in [5.74, 6) is 1.76. The van der Waals surface area contributed by atoms with Crippen molar-refractivity contribution in [1.82, 2.24) is 10.1 Å². The second-order valence-electron chi connectivity index (χ2n) is 5.80. The molecule has 23 heavy (non-hydrogen) atoms. The van der Waals surface area contributed by atoms with E-state index >= 15 is 0 Å². The van der Waals surface area contributed by atoms with Crippen molar-refractivity contribution >= 4 is 11.0 Å². The van der Waals surface area contributed by atoms with Crippen LogP contribution < -0.4 is 10.4 Å². The average molecular weight is 314 g/mol. The molecule has 0 radical (unpaired) electrons. The van der Waals surface area contributed by atoms with Gasteiger partial charge in [0.25, 0.3) is 5.89 Å². The first-order valence-electron chi connectivity index (χ1n) is 7.38. The Morgan fingerprint density at radius 2 is 1.91 bits per heavy atom. The molecular formula is C17H18N2O4. The fourth-order valence-electron chi connectivity index (χ4n) is 2.43. The number of rotatable bonds is 3. The topological polar surface area (TPSA) is 78.4 Å². The van der Waals surface area contributed by atoms with E-state index in [2.05, 4.69) is 10.1 Å². The van der Waals surface area contributed by atoms with Gasteiger partial charge >= 0.3 is 5.63 Å². The molecule has 0 aliphatic carbocycles. The van der Waals surface area contributed by atoms with Gasteiger partial charge in [-0.2, -0.15) is 4.98 Å². The predicted molar refractivity (Wildman–Crippen MR) is 85.9 cm³/mol. The Kier molecular flexibility index (Phi) is 3.67. The molecule has 0 aliphatic heterocycles. The van der Waals surface area contributed by atoms with Crippen molar-refractivity contribution < 1.29 is 13.7 Å². The van der Waals surface area contributed by atoms with Crippen molar-refractivity contribution in [3.8, 4) is 17.2 Å². The molecule has 0 saturated carbocycles. The largest absolute Gasteiger partial charge is 0.496 e. The van der Waals surface area contributed by atoms with E-state index in [0.29, 0.717) is 34.2 Å². The third-order valence-electron chi connectivity index (χ3n) is 3.94. The van der Waals surface area contributed by atoms with Crippen LogP contribution in [0.5, 0.6) is 5.75 Å². The molecule has 3 rings (SSSR count). The highest BCUT2D eigenvalue weighted by atomic mass is 16.5. The molecule has 2 aromatic heterocycles. The predicted octanol–water partition coefficient (Wildman–Crippen LogP) is 3.59. The van der Waals surface area contributed by atoms with Crippen LogP contribution in [0.1, 0.15) is 36.7 Å². The van der Waals surface area contributed by atoms with E-state index in [0.717, 1.165) is 10.9 Å². The van der Waals surface area contributed by atoms with Crippen LogP contribution in [0.4, 0.5) is 0 Å². The summed E-state index contributed by atoms with van der Waals surface area (Å²) in [6, 6.07) is 3.54. The van der Waals surface area contributed by atoms with Crippen LogP contribution in [0.15, 0.2) is 25.9 Å². The van der Waals surface area contributed by atoms with E-state index in [4.69, 9.17) is 13.7 Å². The summed E-state index contributed by atoms with van der Waals surface area (Å²) in [5.41, 5.74) is 2.15. The summed E-state index contributed by atoms with van der Waals surface area (Å²) in [6.45, 7) is 7.59. The molecule has 6 nitrogen and oxygen atoms in total. The molecule has 0 bridgehead atoms. The van der Waals surface area contributed by atoms with Gasteiger partial charge in [-0.3, -0.25) is 0 Å². The Hall–Kier alpha value is -2.63. The fourth-order valence-corrected chi connectivity index (χ4v) is 2.43. The van der Waals surface area contributed by atoms with Gasteiger partial charge in [-0.1, -0.05) is 19.0 Å². The lowest BCUT2D eigenvalue weighted by atomic mass is 10.0. The van der Waals surface area contributed by atoms with Crippen LogP contribution in [-0.4, -0.2) is 17.3 Å². The van der Waals surface area contributed by atoms with Crippen LogP contribution in [0, 0.1) is 13.8 Å². The number of nitrogens with zero attached hydrogens (tertiary/aromatic N) is 2. The maximum Gasteiger partial charge on any atom is 0.339 e. The minimum Gasteiger partial charge on any atom is -0.496 e. The zero-order valence-electron chi connectivity index (χ0n) is 13.8. The van der Waals surface area contributed by atoms with Gasteiger partial charge in [-0.15, -0.1) is 0 Å². The van der Waals surface area contributed by atoms with E-state index in [1.807, 2.05) is 26.8 Å². The normalized spacial score (nSPS) is 11.4. The molecule has 6 heteroatoms. The lowest BCUT2D eigenvalue weighted by Gasteiger charge is -2.10. The first-order chi connectivity index (χ1) is 10.9. The molecule has 0 N–H and O–H groups in total. The number of ether oxygens (including phenoxy) is 1. The highest BCUT2D eigenvalue weighted by Gasteiger charge is 2.18. The molecule has 0 fully saturated rings. The smallest absolute Gasteiger partial charge is 0.339 e. The van der Waals surface area contributed by atoms with Gasteiger partial charge < -0.3 is 13.7 Å². The molecule has 0 spiro atoms. The number of hydrogen-bond donors (Lipinski definition) is 0. The number of fused-ring (bicyclic) bond motifs is 1. The zero-order valence-corrected chi connectivity index (χ0v) is 13.8. The fraction of sp³-hybridized carbons (Fsp3) is 0.353. The lowest BCUT2D eigenvalue weighted by Crippen LogP contribution is -2.06. The number of benzene rings is 1. The van der Waals surface area contributed by atoms with Crippen molar-refractivity contribution in [2.75, 3.05) is 7.11 Å². The number of methoxy groups -OCH3 is 1. The second kappa shape index (κ2) is 5.53. The van der Waals surface area contributed by atoms with E-state index in [1.54, 1.807) is 20.1 Å². The summed E-state index contributed by atoms with van der Waals surface area (Å²) >= 11 is 0. The summed E-state index contributed by atoms with van der Waals surface area (Å²) in [4.78, 5) is 16.3. The molecule has 0 aliphatic rings. The number of aryl methyl sites for hydroxylation is 1. The summed E-state index contributed by atoms with van der Waals surface area (Å²) in [7, 11) is 1.58. The molecule has 2 heterocycles. The van der Waals surface area contributed by atoms with Crippen molar-refractivity contribution in [2.45, 2.75) is 33.6 Å². The van der Waals surface area contributed by atoms with Gasteiger partial charge in [0.15, 0.2) is 5.82 Å². The van der Waals surface area contributed by atoms with Gasteiger partial charge in [0.1, 0.15) is 11.3 Å². The van der Waals surface area contributed by atoms with Gasteiger partial charge in [-0.25, -0.2) is 4.79 Å². The van der Waals surface area contributed by atoms with E-state index in [9.17, 15) is 4.79 Å². The SMILES string of the molecule is COc1cc(-c2nc(C(C)C)no2)cc2oc(=O)c(C)c(C)c12. The maximum atomic E-state index is 11.9. The van der Waals surface area contributed by atoms with Crippen molar-refractivity contribution in [2.24, 2.45) is 0 Å². The van der Waals surface area contributed by atoms with Gasteiger partial charge in [-0.05, 0) is 31.5 Å². The van der Waals surface area contributed by atoms with E-state index < -0.39 is 0 Å². The molecule has 0 amide bonds. The van der Waals surface area contributed by atoms with Gasteiger partial charge in [0.05, 0.1) is 12.5 Å². The Morgan fingerprint density at radius 1 is 1.17 bits per heavy atom. The van der Waals surface area contributed by atoms with Crippen LogP contribution in [-0.2, 0) is 0 Å². The van der Waals surface area contributed by atoms with Crippen molar-refractivity contribution in [3.63, 3.8) is 0 Å². The standard InChI is InChI=1S/C17H18N2O4/c1-8(2)15-18-16(23-19-15)11-6-12(21-5)14-9(3)10(4)17(20)22-13(14)7-11/h6-8H,1-5H3. The molecule has 0 unspecified atom stereocenters. The second-order valence-corrected chi connectivity index (χ2v) is 5.80. The highest BCUT2D eigenvalue weighted by molar-refractivity contribution is 5.90. The van der Waals surface area contributed by atoms with Crippen LogP contribution in [0.2, 0.25) is 0 Å². The maximum absolute atomic E-state index is 11.9.